The van der Waals surface area contributed by atoms with Crippen molar-refractivity contribution < 1.29 is 4.79 Å². The van der Waals surface area contributed by atoms with Crippen LogP contribution in [-0.2, 0) is 31.2 Å². The van der Waals surface area contributed by atoms with Crippen molar-refractivity contribution >= 4 is 5.91 Å². The van der Waals surface area contributed by atoms with Gasteiger partial charge < -0.3 is 9.47 Å². The highest BCUT2D eigenvalue weighted by atomic mass is 16.2. The van der Waals surface area contributed by atoms with Crippen LogP contribution in [-0.4, -0.2) is 45.4 Å². The van der Waals surface area contributed by atoms with Gasteiger partial charge in [0.2, 0.25) is 5.91 Å². The Morgan fingerprint density at radius 1 is 1.32 bits per heavy atom. The van der Waals surface area contributed by atoms with Crippen LogP contribution in [0.2, 0.25) is 0 Å². The minimum Gasteiger partial charge on any atom is -0.338 e. The van der Waals surface area contributed by atoms with Crippen molar-refractivity contribution in [2.75, 3.05) is 20.1 Å². The van der Waals surface area contributed by atoms with Crippen LogP contribution < -0.4 is 0 Å². The van der Waals surface area contributed by atoms with Crippen LogP contribution in [0.3, 0.4) is 0 Å². The molecule has 4 rings (SSSR count). The largest absolute Gasteiger partial charge is 0.338 e. The number of likely N-dealkylation sites (N-methyl/N-ethyl adjacent to an activating group) is 1. The Bertz CT molecular complexity index is 782. The highest BCUT2D eigenvalue weighted by molar-refractivity contribution is 5.78. The summed E-state index contributed by atoms with van der Waals surface area (Å²) in [5, 5.41) is 0. The van der Waals surface area contributed by atoms with Crippen LogP contribution in [0.15, 0.2) is 30.6 Å². The first kappa shape index (κ1) is 16.3. The zero-order valence-corrected chi connectivity index (χ0v) is 15.1. The first-order chi connectivity index (χ1) is 12.1. The fourth-order valence-electron chi connectivity index (χ4n) is 4.25. The molecule has 1 aromatic heterocycles. The molecule has 132 valence electrons. The number of amides is 1. The third-order valence-electron chi connectivity index (χ3n) is 5.74. The first-order valence-corrected chi connectivity index (χ1v) is 9.18. The number of hydrogen-bond donors (Lipinski definition) is 0. The van der Waals surface area contributed by atoms with E-state index < -0.39 is 0 Å². The predicted octanol–water partition coefficient (Wildman–Crippen LogP) is 2.31. The van der Waals surface area contributed by atoms with Crippen LogP contribution in [0, 0.1) is 0 Å². The van der Waals surface area contributed by atoms with E-state index >= 15 is 0 Å². The molecule has 0 saturated heterocycles. The molecule has 2 aliphatic rings. The quantitative estimate of drug-likeness (QED) is 0.862. The molecule has 0 N–H and O–H groups in total. The summed E-state index contributed by atoms with van der Waals surface area (Å²) < 4.78 is 2.10. The maximum absolute atomic E-state index is 12.9. The van der Waals surface area contributed by atoms with Gasteiger partial charge in [-0.1, -0.05) is 24.3 Å². The molecule has 5 nitrogen and oxygen atoms in total. The van der Waals surface area contributed by atoms with Gasteiger partial charge in [-0.25, -0.2) is 4.98 Å². The summed E-state index contributed by atoms with van der Waals surface area (Å²) in [6.07, 6.45) is 6.18. The Hall–Kier alpha value is -2.14. The van der Waals surface area contributed by atoms with E-state index in [2.05, 4.69) is 38.7 Å². The Kier molecular flexibility index (Phi) is 4.34. The molecule has 0 spiro atoms. The molecule has 0 radical (unpaired) electrons. The zero-order chi connectivity index (χ0) is 17.4. The fraction of sp³-hybridized carbons (Fsp3) is 0.500. The van der Waals surface area contributed by atoms with E-state index in [0.717, 1.165) is 44.5 Å². The van der Waals surface area contributed by atoms with Crippen molar-refractivity contribution in [2.24, 2.45) is 7.05 Å². The second-order valence-corrected chi connectivity index (χ2v) is 7.32. The number of carbonyl (C=O) groups is 1. The average Bonchev–Trinajstić information content (AvgIpc) is 3.01. The summed E-state index contributed by atoms with van der Waals surface area (Å²) in [6.45, 7) is 2.18. The summed E-state index contributed by atoms with van der Waals surface area (Å²) in [7, 11) is 4.01. The van der Waals surface area contributed by atoms with Gasteiger partial charge in [0.1, 0.15) is 0 Å². The smallest absolute Gasteiger partial charge is 0.237 e. The van der Waals surface area contributed by atoms with E-state index in [-0.39, 0.29) is 11.9 Å². The van der Waals surface area contributed by atoms with Gasteiger partial charge in [0.05, 0.1) is 24.6 Å². The highest BCUT2D eigenvalue weighted by Crippen LogP contribution is 2.33. The summed E-state index contributed by atoms with van der Waals surface area (Å²) in [5.41, 5.74) is 5.15. The molecule has 25 heavy (non-hydrogen) atoms. The zero-order valence-electron chi connectivity index (χ0n) is 15.1. The fourth-order valence-corrected chi connectivity index (χ4v) is 4.25. The molecule has 2 heterocycles. The number of benzene rings is 1. The van der Waals surface area contributed by atoms with E-state index in [4.69, 9.17) is 0 Å². The predicted molar refractivity (Wildman–Crippen MR) is 97.1 cm³/mol. The van der Waals surface area contributed by atoms with Crippen LogP contribution >= 0.6 is 0 Å². The van der Waals surface area contributed by atoms with Crippen LogP contribution in [0.4, 0.5) is 0 Å². The van der Waals surface area contributed by atoms with Gasteiger partial charge in [-0.05, 0) is 30.4 Å². The third-order valence-corrected chi connectivity index (χ3v) is 5.74. The number of aromatic nitrogens is 2. The number of nitrogens with zero attached hydrogens (tertiary/aromatic N) is 4. The molecule has 0 bridgehead atoms. The summed E-state index contributed by atoms with van der Waals surface area (Å²) in [5.74, 6) is 0.209. The second kappa shape index (κ2) is 6.64. The topological polar surface area (TPSA) is 41.4 Å². The second-order valence-electron chi connectivity index (χ2n) is 7.32. The van der Waals surface area contributed by atoms with Gasteiger partial charge in [-0.2, -0.15) is 0 Å². The minimum atomic E-state index is 0.209. The Balaban J connectivity index is 1.44. The summed E-state index contributed by atoms with van der Waals surface area (Å²) >= 11 is 0. The molecule has 2 aromatic rings. The lowest BCUT2D eigenvalue weighted by atomic mass is 9.87. The van der Waals surface area contributed by atoms with Crippen molar-refractivity contribution in [3.05, 3.63) is 53.1 Å². The summed E-state index contributed by atoms with van der Waals surface area (Å²) in [6, 6.07) is 8.79. The standard InChI is InChI=1S/C20H26N4O/c1-22-14-21-17-12-24(11-10-19(17)22)13-20(25)23(2)18-9-5-7-15-6-3-4-8-16(15)18/h3-4,6,8,14,18H,5,7,9-13H2,1-2H3/t18-/m1/s1. The number of fused-ring (bicyclic) bond motifs is 2. The molecule has 0 unspecified atom stereocenters. The lowest BCUT2D eigenvalue weighted by Gasteiger charge is -2.35. The van der Waals surface area contributed by atoms with Crippen molar-refractivity contribution in [3.8, 4) is 0 Å². The van der Waals surface area contributed by atoms with Crippen molar-refractivity contribution in [1.82, 2.24) is 19.4 Å². The molecule has 0 fully saturated rings. The molecule has 5 heteroatoms. The van der Waals surface area contributed by atoms with Crippen LogP contribution in [0.25, 0.3) is 0 Å². The van der Waals surface area contributed by atoms with Crippen molar-refractivity contribution in [2.45, 2.75) is 38.3 Å². The van der Waals surface area contributed by atoms with Crippen molar-refractivity contribution in [3.63, 3.8) is 0 Å². The van der Waals surface area contributed by atoms with Gasteiger partial charge in [-0.3, -0.25) is 9.69 Å². The van der Waals surface area contributed by atoms with Crippen LogP contribution in [0.5, 0.6) is 0 Å². The lowest BCUT2D eigenvalue weighted by Crippen LogP contribution is -2.42. The first-order valence-electron chi connectivity index (χ1n) is 9.18. The van der Waals surface area contributed by atoms with E-state index in [1.54, 1.807) is 0 Å². The maximum Gasteiger partial charge on any atom is 0.237 e. The molecule has 1 aromatic carbocycles. The molecular weight excluding hydrogens is 312 g/mol. The normalized spacial score (nSPS) is 20.0. The minimum absolute atomic E-state index is 0.209. The molecule has 0 saturated carbocycles. The van der Waals surface area contributed by atoms with Gasteiger partial charge in [0.15, 0.2) is 0 Å². The molecule has 1 aliphatic heterocycles. The Morgan fingerprint density at radius 2 is 2.16 bits per heavy atom. The number of rotatable bonds is 3. The van der Waals surface area contributed by atoms with E-state index in [1.165, 1.54) is 16.8 Å². The Labute approximate surface area is 149 Å². The number of imidazole rings is 1. The maximum atomic E-state index is 12.9. The molecule has 1 amide bonds. The average molecular weight is 338 g/mol. The van der Waals surface area contributed by atoms with Gasteiger partial charge in [0, 0.05) is 39.3 Å². The molecular formula is C20H26N4O. The van der Waals surface area contributed by atoms with E-state index in [0.29, 0.717) is 6.54 Å². The van der Waals surface area contributed by atoms with Gasteiger partial charge in [0.25, 0.3) is 0 Å². The van der Waals surface area contributed by atoms with Crippen molar-refractivity contribution in [1.29, 1.82) is 0 Å². The molecule has 1 aliphatic carbocycles. The van der Waals surface area contributed by atoms with Crippen LogP contribution in [0.1, 0.15) is 41.4 Å². The van der Waals surface area contributed by atoms with E-state index in [1.807, 2.05) is 25.3 Å². The highest BCUT2D eigenvalue weighted by Gasteiger charge is 2.28. The molecule has 1 atom stereocenters. The monoisotopic (exact) mass is 338 g/mol. The number of hydrogen-bond acceptors (Lipinski definition) is 3. The third kappa shape index (κ3) is 3.09. The van der Waals surface area contributed by atoms with E-state index in [9.17, 15) is 4.79 Å². The lowest BCUT2D eigenvalue weighted by molar-refractivity contribution is -0.133. The SMILES string of the molecule is CN(C(=O)CN1CCc2c(ncn2C)C1)[C@@H]1CCCc2ccccc21. The number of carbonyl (C=O) groups excluding carboxylic acids is 1. The van der Waals surface area contributed by atoms with Gasteiger partial charge in [-0.15, -0.1) is 0 Å². The van der Waals surface area contributed by atoms with Gasteiger partial charge >= 0.3 is 0 Å². The Morgan fingerprint density at radius 3 is 3.04 bits per heavy atom. The summed E-state index contributed by atoms with van der Waals surface area (Å²) in [4.78, 5) is 21.6. The number of aryl methyl sites for hydroxylation is 2.